The van der Waals surface area contributed by atoms with Crippen molar-refractivity contribution in [3.63, 3.8) is 0 Å². The Morgan fingerprint density at radius 2 is 1.75 bits per heavy atom. The highest BCUT2D eigenvalue weighted by atomic mass is 19.1. The molecule has 1 atom stereocenters. The van der Waals surface area contributed by atoms with Gasteiger partial charge >= 0.3 is 0 Å². The van der Waals surface area contributed by atoms with Crippen molar-refractivity contribution < 1.29 is 9.18 Å². The van der Waals surface area contributed by atoms with Gasteiger partial charge in [0.15, 0.2) is 0 Å². The van der Waals surface area contributed by atoms with E-state index in [9.17, 15) is 9.18 Å². The minimum absolute atomic E-state index is 0.00151. The quantitative estimate of drug-likeness (QED) is 0.449. The molecule has 3 aromatic carbocycles. The molecule has 4 heteroatoms. The molecule has 2 N–H and O–H groups in total. The first kappa shape index (κ1) is 18.2. The Hall–Kier alpha value is -3.14. The van der Waals surface area contributed by atoms with E-state index >= 15 is 0 Å². The molecule has 4 rings (SSSR count). The number of aromatic amines is 1. The smallest absolute Gasteiger partial charge is 0.227 e. The van der Waals surface area contributed by atoms with Crippen LogP contribution in [0.25, 0.3) is 21.8 Å². The molecule has 0 aliphatic carbocycles. The van der Waals surface area contributed by atoms with Gasteiger partial charge in [-0.3, -0.25) is 4.79 Å². The fourth-order valence-electron chi connectivity index (χ4n) is 3.74. The molecular formula is C24H23FN2O. The second kappa shape index (κ2) is 7.85. The summed E-state index contributed by atoms with van der Waals surface area (Å²) in [5.41, 5.74) is 4.04. The third kappa shape index (κ3) is 3.63. The molecule has 0 fully saturated rings. The second-order valence-electron chi connectivity index (χ2n) is 7.16. The van der Waals surface area contributed by atoms with Crippen molar-refractivity contribution in [1.82, 2.24) is 10.3 Å². The number of aromatic nitrogens is 1. The lowest BCUT2D eigenvalue weighted by atomic mass is 9.92. The Labute approximate surface area is 163 Å². The first-order valence-electron chi connectivity index (χ1n) is 9.68. The number of halogens is 1. The van der Waals surface area contributed by atoms with Gasteiger partial charge in [0.25, 0.3) is 0 Å². The maximum absolute atomic E-state index is 13.0. The van der Waals surface area contributed by atoms with E-state index in [-0.39, 0.29) is 17.6 Å². The predicted octanol–water partition coefficient (Wildman–Crippen LogP) is 5.66. The Kier molecular flexibility index (Phi) is 5.11. The van der Waals surface area contributed by atoms with Crippen molar-refractivity contribution in [3.05, 3.63) is 83.7 Å². The van der Waals surface area contributed by atoms with Gasteiger partial charge in [-0.2, -0.15) is 0 Å². The minimum atomic E-state index is -0.273. The Morgan fingerprint density at radius 3 is 2.54 bits per heavy atom. The van der Waals surface area contributed by atoms with Gasteiger partial charge in [0, 0.05) is 28.4 Å². The number of hydrogen-bond acceptors (Lipinski definition) is 1. The molecule has 0 spiro atoms. The maximum atomic E-state index is 13.0. The van der Waals surface area contributed by atoms with E-state index in [0.29, 0.717) is 6.54 Å². The van der Waals surface area contributed by atoms with E-state index in [1.54, 1.807) is 12.1 Å². The molecule has 1 aromatic heterocycles. The van der Waals surface area contributed by atoms with Gasteiger partial charge in [-0.15, -0.1) is 0 Å². The number of amides is 1. The van der Waals surface area contributed by atoms with Crippen LogP contribution in [0.1, 0.15) is 36.8 Å². The Bertz CT molecular complexity index is 1110. The van der Waals surface area contributed by atoms with Crippen molar-refractivity contribution in [2.45, 2.75) is 32.2 Å². The Balaban J connectivity index is 1.58. The van der Waals surface area contributed by atoms with E-state index in [4.69, 9.17) is 0 Å². The predicted molar refractivity (Wildman–Crippen MR) is 112 cm³/mol. The third-order valence-corrected chi connectivity index (χ3v) is 5.21. The van der Waals surface area contributed by atoms with Gasteiger partial charge in [-0.05, 0) is 41.8 Å². The number of fused-ring (bicyclic) bond motifs is 3. The van der Waals surface area contributed by atoms with Crippen LogP contribution >= 0.6 is 0 Å². The molecule has 1 unspecified atom stereocenters. The highest BCUT2D eigenvalue weighted by Gasteiger charge is 2.20. The number of carbonyl (C=O) groups excluding carboxylic acids is 1. The zero-order chi connectivity index (χ0) is 19.5. The van der Waals surface area contributed by atoms with E-state index in [2.05, 4.69) is 47.6 Å². The molecule has 1 heterocycles. The number of benzene rings is 3. The minimum Gasteiger partial charge on any atom is -0.355 e. The van der Waals surface area contributed by atoms with Crippen LogP contribution in [0.5, 0.6) is 0 Å². The van der Waals surface area contributed by atoms with E-state index in [1.165, 1.54) is 22.9 Å². The summed E-state index contributed by atoms with van der Waals surface area (Å²) < 4.78 is 13.0. The lowest BCUT2D eigenvalue weighted by Gasteiger charge is -2.17. The molecule has 0 radical (unpaired) electrons. The highest BCUT2D eigenvalue weighted by Crippen LogP contribution is 2.30. The van der Waals surface area contributed by atoms with Crippen LogP contribution in [0.2, 0.25) is 0 Å². The standard InChI is InChI=1S/C24H23FN2O/c1-2-5-19(24(28)26-15-16-8-11-18(25)12-9-16)17-10-13-21-20-6-3-4-7-22(20)27-23(21)14-17/h3-4,6-14,19,27H,2,5,15H2,1H3,(H,26,28). The number of hydrogen-bond donors (Lipinski definition) is 2. The van der Waals surface area contributed by atoms with Crippen molar-refractivity contribution >= 4 is 27.7 Å². The molecule has 0 bridgehead atoms. The van der Waals surface area contributed by atoms with E-state index < -0.39 is 0 Å². The second-order valence-corrected chi connectivity index (χ2v) is 7.16. The monoisotopic (exact) mass is 374 g/mol. The van der Waals surface area contributed by atoms with Crippen LogP contribution in [0.15, 0.2) is 66.7 Å². The average Bonchev–Trinajstić information content (AvgIpc) is 3.09. The number of nitrogens with one attached hydrogen (secondary N) is 2. The topological polar surface area (TPSA) is 44.9 Å². The van der Waals surface area contributed by atoms with Gasteiger partial charge in [-0.1, -0.05) is 55.8 Å². The summed E-state index contributed by atoms with van der Waals surface area (Å²) in [4.78, 5) is 16.3. The number of H-pyrrole nitrogens is 1. The fraction of sp³-hybridized carbons (Fsp3) is 0.208. The molecule has 0 saturated heterocycles. The van der Waals surface area contributed by atoms with Crippen molar-refractivity contribution in [1.29, 1.82) is 0 Å². The summed E-state index contributed by atoms with van der Waals surface area (Å²) in [7, 11) is 0. The van der Waals surface area contributed by atoms with Crippen molar-refractivity contribution in [3.8, 4) is 0 Å². The molecule has 0 saturated carbocycles. The van der Waals surface area contributed by atoms with Crippen LogP contribution in [0.3, 0.4) is 0 Å². The Morgan fingerprint density at radius 1 is 1.00 bits per heavy atom. The zero-order valence-electron chi connectivity index (χ0n) is 15.8. The summed E-state index contributed by atoms with van der Waals surface area (Å²) in [6.45, 7) is 2.48. The average molecular weight is 374 g/mol. The van der Waals surface area contributed by atoms with Crippen LogP contribution in [0, 0.1) is 5.82 Å². The van der Waals surface area contributed by atoms with Gasteiger partial charge < -0.3 is 10.3 Å². The molecule has 4 aromatic rings. The van der Waals surface area contributed by atoms with Gasteiger partial charge in [0.1, 0.15) is 5.82 Å². The highest BCUT2D eigenvalue weighted by molar-refractivity contribution is 6.07. The molecule has 142 valence electrons. The van der Waals surface area contributed by atoms with Crippen LogP contribution in [0.4, 0.5) is 4.39 Å². The molecule has 0 aliphatic rings. The summed E-state index contributed by atoms with van der Waals surface area (Å²) >= 11 is 0. The fourth-order valence-corrected chi connectivity index (χ4v) is 3.74. The number of rotatable bonds is 6. The SMILES string of the molecule is CCCC(C(=O)NCc1ccc(F)cc1)c1ccc2c(c1)[nH]c1ccccc12. The number of para-hydroxylation sites is 1. The molecular weight excluding hydrogens is 351 g/mol. The third-order valence-electron chi connectivity index (χ3n) is 5.21. The van der Waals surface area contributed by atoms with E-state index in [0.717, 1.165) is 35.0 Å². The van der Waals surface area contributed by atoms with Gasteiger partial charge in [-0.25, -0.2) is 4.39 Å². The summed E-state index contributed by atoms with van der Waals surface area (Å²) in [6, 6.07) is 20.7. The lowest BCUT2D eigenvalue weighted by molar-refractivity contribution is -0.122. The molecule has 28 heavy (non-hydrogen) atoms. The first-order chi connectivity index (χ1) is 13.7. The maximum Gasteiger partial charge on any atom is 0.227 e. The van der Waals surface area contributed by atoms with Crippen molar-refractivity contribution in [2.75, 3.05) is 0 Å². The molecule has 3 nitrogen and oxygen atoms in total. The van der Waals surface area contributed by atoms with Crippen LogP contribution in [-0.2, 0) is 11.3 Å². The van der Waals surface area contributed by atoms with Crippen LogP contribution < -0.4 is 5.32 Å². The normalized spacial score (nSPS) is 12.4. The summed E-state index contributed by atoms with van der Waals surface area (Å²) in [6.07, 6.45) is 1.69. The van der Waals surface area contributed by atoms with Gasteiger partial charge in [0.05, 0.1) is 5.92 Å². The first-order valence-corrected chi connectivity index (χ1v) is 9.68. The summed E-state index contributed by atoms with van der Waals surface area (Å²) in [5.74, 6) is -0.478. The van der Waals surface area contributed by atoms with Crippen molar-refractivity contribution in [2.24, 2.45) is 0 Å². The molecule has 1 amide bonds. The zero-order valence-corrected chi connectivity index (χ0v) is 15.8. The molecule has 0 aliphatic heterocycles. The number of carbonyl (C=O) groups is 1. The van der Waals surface area contributed by atoms with Crippen LogP contribution in [-0.4, -0.2) is 10.9 Å². The lowest BCUT2D eigenvalue weighted by Crippen LogP contribution is -2.29. The summed E-state index contributed by atoms with van der Waals surface area (Å²) in [5, 5.41) is 5.36. The van der Waals surface area contributed by atoms with E-state index in [1.807, 2.05) is 12.1 Å². The largest absolute Gasteiger partial charge is 0.355 e. The van der Waals surface area contributed by atoms with Gasteiger partial charge in [0.2, 0.25) is 5.91 Å².